The Labute approximate surface area is 198 Å². The minimum Gasteiger partial charge on any atom is -0.393 e. The molecule has 0 amide bonds. The molecule has 1 aromatic carbocycles. The summed E-state index contributed by atoms with van der Waals surface area (Å²) in [6.07, 6.45) is 4.08. The molecule has 0 spiro atoms. The van der Waals surface area contributed by atoms with Gasteiger partial charge in [-0.2, -0.15) is 8.42 Å². The highest BCUT2D eigenvalue weighted by Gasteiger charge is 2.36. The number of rotatable bonds is 6. The number of benzene rings is 1. The second-order valence-corrected chi connectivity index (χ2v) is 11.4. The third kappa shape index (κ3) is 4.29. The molecule has 2 aliphatic carbocycles. The van der Waals surface area contributed by atoms with Gasteiger partial charge in [0, 0.05) is 10.4 Å². The van der Waals surface area contributed by atoms with E-state index in [2.05, 4.69) is 54.8 Å². The summed E-state index contributed by atoms with van der Waals surface area (Å²) in [6.45, 7) is -0.114. The van der Waals surface area contributed by atoms with Crippen LogP contribution in [0.15, 0.2) is 34.4 Å². The number of anilines is 1. The van der Waals surface area contributed by atoms with Gasteiger partial charge in [0.25, 0.3) is 0 Å². The summed E-state index contributed by atoms with van der Waals surface area (Å²) in [5.41, 5.74) is 4.57. The number of halogens is 1. The lowest BCUT2D eigenvalue weighted by Crippen LogP contribution is -2.24. The molecule has 0 bridgehead atoms. The van der Waals surface area contributed by atoms with Crippen LogP contribution in [-0.2, 0) is 20.9 Å². The van der Waals surface area contributed by atoms with Crippen molar-refractivity contribution in [2.45, 2.75) is 43.7 Å². The van der Waals surface area contributed by atoms with Crippen molar-refractivity contribution in [1.82, 2.24) is 9.97 Å². The first-order chi connectivity index (χ1) is 15.3. The lowest BCUT2D eigenvalue weighted by Gasteiger charge is -2.15. The van der Waals surface area contributed by atoms with Crippen molar-refractivity contribution in [2.75, 3.05) is 11.9 Å². The van der Waals surface area contributed by atoms with E-state index in [-0.39, 0.29) is 24.5 Å². The second-order valence-electron chi connectivity index (χ2n) is 8.41. The lowest BCUT2D eigenvalue weighted by atomic mass is 9.98. The number of aliphatic hydroxyl groups is 1. The SMILES string of the molecule is NS(=O)(=O)OCC1CC(c2csc3c(NC4CCc5c(Br)cccc54)ncnc23)CC1O. The van der Waals surface area contributed by atoms with Gasteiger partial charge in [-0.05, 0) is 59.7 Å². The number of nitrogens with two attached hydrogens (primary N) is 1. The van der Waals surface area contributed by atoms with Crippen LogP contribution in [0.2, 0.25) is 0 Å². The molecule has 8 nitrogen and oxygen atoms in total. The second kappa shape index (κ2) is 8.62. The number of nitrogens with zero attached hydrogens (tertiary/aromatic N) is 2. The van der Waals surface area contributed by atoms with Crippen LogP contribution in [0.3, 0.4) is 0 Å². The summed E-state index contributed by atoms with van der Waals surface area (Å²) in [7, 11) is -4.02. The molecule has 0 saturated heterocycles. The molecule has 2 heterocycles. The maximum atomic E-state index is 11.1. The predicted octanol–water partition coefficient (Wildman–Crippen LogP) is 3.63. The number of aromatic nitrogens is 2. The third-order valence-corrected chi connectivity index (χ3v) is 8.65. The van der Waals surface area contributed by atoms with E-state index >= 15 is 0 Å². The zero-order valence-corrected chi connectivity index (χ0v) is 20.3. The minimum atomic E-state index is -4.02. The Balaban J connectivity index is 1.37. The Morgan fingerprint density at radius 2 is 2.12 bits per heavy atom. The first-order valence-corrected chi connectivity index (χ1v) is 13.6. The Kier molecular flexibility index (Phi) is 5.97. The van der Waals surface area contributed by atoms with E-state index in [4.69, 9.17) is 9.32 Å². The van der Waals surface area contributed by atoms with Gasteiger partial charge in [0.2, 0.25) is 0 Å². The Morgan fingerprint density at radius 1 is 1.28 bits per heavy atom. The van der Waals surface area contributed by atoms with Crippen LogP contribution < -0.4 is 10.5 Å². The van der Waals surface area contributed by atoms with E-state index in [0.717, 1.165) is 38.9 Å². The maximum Gasteiger partial charge on any atom is 0.333 e. The number of nitrogens with one attached hydrogen (secondary N) is 1. The molecule has 1 saturated carbocycles. The molecule has 11 heteroatoms. The molecule has 4 atom stereocenters. The summed E-state index contributed by atoms with van der Waals surface area (Å²) in [4.78, 5) is 9.06. The first-order valence-electron chi connectivity index (χ1n) is 10.4. The normalized spacial score (nSPS) is 25.3. The quantitative estimate of drug-likeness (QED) is 0.437. The molecule has 2 aromatic heterocycles. The van der Waals surface area contributed by atoms with E-state index < -0.39 is 16.4 Å². The highest BCUT2D eigenvalue weighted by molar-refractivity contribution is 9.10. The average Bonchev–Trinajstić information content (AvgIpc) is 3.44. The molecular weight excluding hydrogens is 516 g/mol. The molecule has 1 fully saturated rings. The molecule has 2 aliphatic rings. The van der Waals surface area contributed by atoms with E-state index in [1.54, 1.807) is 17.7 Å². The van der Waals surface area contributed by atoms with Gasteiger partial charge in [-0.15, -0.1) is 11.3 Å². The van der Waals surface area contributed by atoms with Crippen LogP contribution in [0.25, 0.3) is 10.2 Å². The van der Waals surface area contributed by atoms with Crippen molar-refractivity contribution in [3.8, 4) is 0 Å². The van der Waals surface area contributed by atoms with Crippen molar-refractivity contribution in [3.63, 3.8) is 0 Å². The van der Waals surface area contributed by atoms with E-state index in [0.29, 0.717) is 12.8 Å². The fourth-order valence-electron chi connectivity index (χ4n) is 4.90. The van der Waals surface area contributed by atoms with Crippen LogP contribution in [0, 0.1) is 5.92 Å². The van der Waals surface area contributed by atoms with Gasteiger partial charge in [-0.3, -0.25) is 4.18 Å². The van der Waals surface area contributed by atoms with Crippen molar-refractivity contribution < 1.29 is 17.7 Å². The smallest absolute Gasteiger partial charge is 0.333 e. The molecule has 0 aliphatic heterocycles. The van der Waals surface area contributed by atoms with Gasteiger partial charge in [0.15, 0.2) is 0 Å². The molecule has 32 heavy (non-hydrogen) atoms. The van der Waals surface area contributed by atoms with E-state index in [1.165, 1.54) is 11.1 Å². The molecule has 170 valence electrons. The van der Waals surface area contributed by atoms with Crippen LogP contribution in [-0.4, -0.2) is 36.2 Å². The Hall–Kier alpha value is -1.63. The van der Waals surface area contributed by atoms with E-state index in [1.807, 2.05) is 0 Å². The summed E-state index contributed by atoms with van der Waals surface area (Å²) in [5.74, 6) is 0.594. The Bertz CT molecular complexity index is 1270. The van der Waals surface area contributed by atoms with Crippen molar-refractivity contribution in [1.29, 1.82) is 0 Å². The molecule has 3 aromatic rings. The number of fused-ring (bicyclic) bond motifs is 2. The highest BCUT2D eigenvalue weighted by atomic mass is 79.9. The molecule has 0 radical (unpaired) electrons. The van der Waals surface area contributed by atoms with Crippen LogP contribution in [0.4, 0.5) is 5.82 Å². The standard InChI is InChI=1S/C21H23BrN4O4S2/c22-16-3-1-2-14-13(16)4-5-17(14)26-21-20-19(24-10-25-21)15(9-31-20)11-6-12(18(27)7-11)8-30-32(23,28)29/h1-3,9-12,17-18,27H,4-8H2,(H2,23,28,29)(H,24,25,26). The van der Waals surface area contributed by atoms with Crippen molar-refractivity contribution in [3.05, 3.63) is 51.1 Å². The summed E-state index contributed by atoms with van der Waals surface area (Å²) in [6, 6.07) is 6.49. The lowest BCUT2D eigenvalue weighted by molar-refractivity contribution is 0.101. The van der Waals surface area contributed by atoms with Crippen LogP contribution >= 0.6 is 27.3 Å². The molecule has 4 unspecified atom stereocenters. The maximum absolute atomic E-state index is 11.1. The Morgan fingerprint density at radius 3 is 2.94 bits per heavy atom. The molecule has 4 N–H and O–H groups in total. The number of thiophene rings is 1. The summed E-state index contributed by atoms with van der Waals surface area (Å²) in [5, 5.41) is 21.0. The van der Waals surface area contributed by atoms with Gasteiger partial charge >= 0.3 is 10.3 Å². The van der Waals surface area contributed by atoms with Crippen molar-refractivity contribution in [2.24, 2.45) is 11.1 Å². The summed E-state index contributed by atoms with van der Waals surface area (Å²) < 4.78 is 29.1. The zero-order chi connectivity index (χ0) is 22.5. The van der Waals surface area contributed by atoms with Gasteiger partial charge in [0.1, 0.15) is 12.1 Å². The molecule has 5 rings (SSSR count). The summed E-state index contributed by atoms with van der Waals surface area (Å²) >= 11 is 5.24. The minimum absolute atomic E-state index is 0.0683. The number of aliphatic hydroxyl groups excluding tert-OH is 1. The third-order valence-electron chi connectivity index (χ3n) is 6.45. The zero-order valence-electron chi connectivity index (χ0n) is 17.1. The van der Waals surface area contributed by atoms with Gasteiger partial charge < -0.3 is 10.4 Å². The topological polar surface area (TPSA) is 127 Å². The monoisotopic (exact) mass is 538 g/mol. The van der Waals surface area contributed by atoms with Gasteiger partial charge in [-0.1, -0.05) is 28.1 Å². The number of hydrogen-bond acceptors (Lipinski definition) is 8. The largest absolute Gasteiger partial charge is 0.393 e. The van der Waals surface area contributed by atoms with Crippen molar-refractivity contribution >= 4 is 53.6 Å². The fraction of sp³-hybridized carbons (Fsp3) is 0.429. The fourth-order valence-corrected chi connectivity index (χ4v) is 6.90. The predicted molar refractivity (Wildman–Crippen MR) is 127 cm³/mol. The van der Waals surface area contributed by atoms with Crippen LogP contribution in [0.5, 0.6) is 0 Å². The molecular formula is C21H23BrN4O4S2. The van der Waals surface area contributed by atoms with Crippen LogP contribution in [0.1, 0.15) is 47.9 Å². The highest BCUT2D eigenvalue weighted by Crippen LogP contribution is 2.44. The first kappa shape index (κ1) is 22.2. The van der Waals surface area contributed by atoms with Gasteiger partial charge in [-0.25, -0.2) is 15.1 Å². The van der Waals surface area contributed by atoms with Gasteiger partial charge in [0.05, 0.1) is 29.0 Å². The van der Waals surface area contributed by atoms with E-state index in [9.17, 15) is 13.5 Å². The number of hydrogen-bond donors (Lipinski definition) is 3. The average molecular weight is 539 g/mol.